The molecule has 0 aromatic rings. The Bertz CT molecular complexity index is 160. The molecule has 2 saturated carbocycles. The molecule has 2 aliphatic rings. The van der Waals surface area contributed by atoms with E-state index >= 15 is 0 Å². The second kappa shape index (κ2) is 3.59. The lowest BCUT2D eigenvalue weighted by molar-refractivity contribution is 0.186. The fourth-order valence-corrected chi connectivity index (χ4v) is 3.39. The lowest BCUT2D eigenvalue weighted by atomic mass is 9.94. The topological polar surface area (TPSA) is 3.24 Å². The van der Waals surface area contributed by atoms with Crippen molar-refractivity contribution in [3.63, 3.8) is 0 Å². The van der Waals surface area contributed by atoms with Gasteiger partial charge in [-0.15, -0.1) is 0 Å². The predicted molar refractivity (Wildman–Crippen MR) is 55.7 cm³/mol. The third-order valence-corrected chi connectivity index (χ3v) is 3.92. The van der Waals surface area contributed by atoms with E-state index in [1.807, 2.05) is 0 Å². The highest BCUT2D eigenvalue weighted by Gasteiger charge is 2.40. The summed E-state index contributed by atoms with van der Waals surface area (Å²) >= 11 is 4.28. The second-order valence-corrected chi connectivity index (χ2v) is 4.89. The quantitative estimate of drug-likeness (QED) is 0.659. The van der Waals surface area contributed by atoms with Crippen LogP contribution in [0.2, 0.25) is 0 Å². The predicted octanol–water partition coefficient (Wildman–Crippen LogP) is 2.04. The summed E-state index contributed by atoms with van der Waals surface area (Å²) < 4.78 is 0. The van der Waals surface area contributed by atoms with Crippen LogP contribution in [-0.2, 0) is 0 Å². The van der Waals surface area contributed by atoms with E-state index in [-0.39, 0.29) is 0 Å². The van der Waals surface area contributed by atoms with E-state index in [1.165, 1.54) is 25.7 Å². The van der Waals surface area contributed by atoms with Gasteiger partial charge in [-0.1, -0.05) is 6.42 Å². The standard InChI is InChI=1S/C10H19NS/c1-11(4-5-12)10-7-8-2-3-9(10)6-8/h8-10,12H,2-7H2,1H3. The van der Waals surface area contributed by atoms with Crippen molar-refractivity contribution in [1.82, 2.24) is 4.90 Å². The first-order chi connectivity index (χ1) is 5.81. The van der Waals surface area contributed by atoms with Crippen LogP contribution in [-0.4, -0.2) is 30.3 Å². The first-order valence-electron chi connectivity index (χ1n) is 5.12. The minimum atomic E-state index is 0.899. The highest BCUT2D eigenvalue weighted by atomic mass is 32.1. The zero-order valence-corrected chi connectivity index (χ0v) is 8.76. The lowest BCUT2D eigenvalue weighted by Crippen LogP contribution is -2.37. The Hall–Kier alpha value is 0.310. The van der Waals surface area contributed by atoms with Crippen molar-refractivity contribution in [1.29, 1.82) is 0 Å². The zero-order chi connectivity index (χ0) is 8.55. The van der Waals surface area contributed by atoms with E-state index < -0.39 is 0 Å². The van der Waals surface area contributed by atoms with Crippen LogP contribution in [0, 0.1) is 11.8 Å². The molecule has 0 amide bonds. The van der Waals surface area contributed by atoms with Crippen LogP contribution in [0.3, 0.4) is 0 Å². The van der Waals surface area contributed by atoms with Crippen molar-refractivity contribution in [2.75, 3.05) is 19.3 Å². The Morgan fingerprint density at radius 2 is 2.17 bits per heavy atom. The van der Waals surface area contributed by atoms with E-state index in [1.54, 1.807) is 0 Å². The zero-order valence-electron chi connectivity index (χ0n) is 7.87. The van der Waals surface area contributed by atoms with Gasteiger partial charge in [-0.2, -0.15) is 12.6 Å². The number of thiol groups is 1. The summed E-state index contributed by atoms with van der Waals surface area (Å²) in [6, 6.07) is 0.899. The first-order valence-corrected chi connectivity index (χ1v) is 5.75. The van der Waals surface area contributed by atoms with Gasteiger partial charge < -0.3 is 4.90 Å². The van der Waals surface area contributed by atoms with Crippen LogP contribution in [0.5, 0.6) is 0 Å². The Labute approximate surface area is 80.9 Å². The molecule has 2 bridgehead atoms. The fourth-order valence-electron chi connectivity index (χ4n) is 3.07. The molecule has 0 radical (unpaired) electrons. The SMILES string of the molecule is CN(CCS)C1CC2CCC1C2. The molecular weight excluding hydrogens is 166 g/mol. The molecule has 0 spiro atoms. The Balaban J connectivity index is 1.89. The van der Waals surface area contributed by atoms with Crippen molar-refractivity contribution in [3.05, 3.63) is 0 Å². The van der Waals surface area contributed by atoms with Crippen LogP contribution < -0.4 is 0 Å². The van der Waals surface area contributed by atoms with Crippen molar-refractivity contribution < 1.29 is 0 Å². The molecule has 2 fully saturated rings. The normalized spacial score (nSPS) is 39.8. The molecule has 0 aromatic heterocycles. The average molecular weight is 185 g/mol. The average Bonchev–Trinajstić information content (AvgIpc) is 2.64. The summed E-state index contributed by atoms with van der Waals surface area (Å²) in [7, 11) is 2.27. The van der Waals surface area contributed by atoms with Crippen LogP contribution in [0.15, 0.2) is 0 Å². The molecule has 0 heterocycles. The second-order valence-electron chi connectivity index (χ2n) is 4.45. The van der Waals surface area contributed by atoms with Gasteiger partial charge >= 0.3 is 0 Å². The maximum Gasteiger partial charge on any atom is 0.0123 e. The minimum absolute atomic E-state index is 0.899. The molecule has 0 saturated heterocycles. The first kappa shape index (κ1) is 8.89. The summed E-state index contributed by atoms with van der Waals surface area (Å²) in [6.45, 7) is 1.16. The third-order valence-electron chi connectivity index (χ3n) is 3.72. The molecule has 3 atom stereocenters. The molecule has 70 valence electrons. The molecule has 0 N–H and O–H groups in total. The van der Waals surface area contributed by atoms with E-state index in [9.17, 15) is 0 Å². The Kier molecular flexibility index (Phi) is 2.66. The third kappa shape index (κ3) is 1.51. The molecule has 0 aliphatic heterocycles. The number of rotatable bonds is 3. The molecule has 2 aliphatic carbocycles. The monoisotopic (exact) mass is 185 g/mol. The van der Waals surface area contributed by atoms with Gasteiger partial charge in [0.2, 0.25) is 0 Å². The maximum atomic E-state index is 4.28. The summed E-state index contributed by atoms with van der Waals surface area (Å²) in [5, 5.41) is 0. The number of hydrogen-bond acceptors (Lipinski definition) is 2. The van der Waals surface area contributed by atoms with Crippen molar-refractivity contribution in [2.45, 2.75) is 31.7 Å². The fraction of sp³-hybridized carbons (Fsp3) is 1.00. The molecule has 12 heavy (non-hydrogen) atoms. The van der Waals surface area contributed by atoms with Crippen LogP contribution in [0.4, 0.5) is 0 Å². The van der Waals surface area contributed by atoms with Gasteiger partial charge in [0, 0.05) is 18.3 Å². The minimum Gasteiger partial charge on any atom is -0.302 e. The van der Waals surface area contributed by atoms with Gasteiger partial charge in [0.15, 0.2) is 0 Å². The molecule has 2 rings (SSSR count). The summed E-state index contributed by atoms with van der Waals surface area (Å²) in [5.74, 6) is 3.10. The summed E-state index contributed by atoms with van der Waals surface area (Å²) in [5.41, 5.74) is 0. The highest BCUT2D eigenvalue weighted by molar-refractivity contribution is 7.80. The smallest absolute Gasteiger partial charge is 0.0123 e. The van der Waals surface area contributed by atoms with Gasteiger partial charge in [0.1, 0.15) is 0 Å². The van der Waals surface area contributed by atoms with Gasteiger partial charge in [0.05, 0.1) is 0 Å². The number of hydrogen-bond donors (Lipinski definition) is 1. The molecular formula is C10H19NS. The van der Waals surface area contributed by atoms with E-state index in [0.717, 1.165) is 30.2 Å². The molecule has 0 aromatic carbocycles. The van der Waals surface area contributed by atoms with E-state index in [2.05, 4.69) is 24.6 Å². The molecule has 3 unspecified atom stereocenters. The van der Waals surface area contributed by atoms with Gasteiger partial charge in [-0.3, -0.25) is 0 Å². The number of nitrogens with zero attached hydrogens (tertiary/aromatic N) is 1. The molecule has 2 heteroatoms. The van der Waals surface area contributed by atoms with Crippen molar-refractivity contribution in [2.24, 2.45) is 11.8 Å². The van der Waals surface area contributed by atoms with Crippen LogP contribution >= 0.6 is 12.6 Å². The van der Waals surface area contributed by atoms with Crippen LogP contribution in [0.1, 0.15) is 25.7 Å². The lowest BCUT2D eigenvalue weighted by Gasteiger charge is -2.30. The summed E-state index contributed by atoms with van der Waals surface area (Å²) in [4.78, 5) is 2.52. The highest BCUT2D eigenvalue weighted by Crippen LogP contribution is 2.46. The van der Waals surface area contributed by atoms with Gasteiger partial charge in [-0.25, -0.2) is 0 Å². The van der Waals surface area contributed by atoms with E-state index in [0.29, 0.717) is 0 Å². The van der Waals surface area contributed by atoms with Gasteiger partial charge in [0.25, 0.3) is 0 Å². The molecule has 1 nitrogen and oxygen atoms in total. The largest absolute Gasteiger partial charge is 0.302 e. The van der Waals surface area contributed by atoms with Crippen molar-refractivity contribution >= 4 is 12.6 Å². The van der Waals surface area contributed by atoms with E-state index in [4.69, 9.17) is 0 Å². The van der Waals surface area contributed by atoms with Crippen molar-refractivity contribution in [3.8, 4) is 0 Å². The van der Waals surface area contributed by atoms with Gasteiger partial charge in [-0.05, 0) is 38.1 Å². The maximum absolute atomic E-state index is 4.28. The van der Waals surface area contributed by atoms with Crippen LogP contribution in [0.25, 0.3) is 0 Å². The number of fused-ring (bicyclic) bond motifs is 2. The summed E-state index contributed by atoms with van der Waals surface area (Å²) in [6.07, 6.45) is 5.98. The Morgan fingerprint density at radius 3 is 2.67 bits per heavy atom. The Morgan fingerprint density at radius 1 is 1.33 bits per heavy atom.